The topological polar surface area (TPSA) is 28.2 Å². The number of aryl methyl sites for hydroxylation is 2. The van der Waals surface area contributed by atoms with E-state index in [1.54, 1.807) is 0 Å². The first-order valence-corrected chi connectivity index (χ1v) is 20.8. The maximum absolute atomic E-state index is 5.49. The Labute approximate surface area is 343 Å². The third-order valence-corrected chi connectivity index (χ3v) is 13.3. The molecule has 280 valence electrons. The average molecular weight is 886 g/mol. The number of para-hydroxylation sites is 1. The van der Waals surface area contributed by atoms with Gasteiger partial charge >= 0.3 is 0 Å². The van der Waals surface area contributed by atoms with Crippen LogP contribution in [0.2, 0.25) is 0 Å². The van der Waals surface area contributed by atoms with Gasteiger partial charge in [-0.05, 0) is 50.8 Å². The molecule has 4 heteroatoms. The molecule has 1 atom stereocenters. The van der Waals surface area contributed by atoms with Gasteiger partial charge < -0.3 is 10.6 Å². The molecule has 1 unspecified atom stereocenters. The van der Waals surface area contributed by atoms with E-state index in [-0.39, 0.29) is 39.7 Å². The summed E-state index contributed by atoms with van der Waals surface area (Å²) in [7, 11) is -0.238. The zero-order valence-electron chi connectivity index (χ0n) is 32.3. The fourth-order valence-electron chi connectivity index (χ4n) is 6.96. The van der Waals surface area contributed by atoms with Gasteiger partial charge in [-0.25, -0.2) is 0 Å². The van der Waals surface area contributed by atoms with Crippen molar-refractivity contribution in [3.05, 3.63) is 204 Å². The predicted octanol–water partition coefficient (Wildman–Crippen LogP) is 14.9. The Kier molecular flexibility index (Phi) is 21.4. The van der Waals surface area contributed by atoms with Crippen molar-refractivity contribution in [2.75, 3.05) is 0 Å². The van der Waals surface area contributed by atoms with Gasteiger partial charge in [-0.15, -0.1) is 56.6 Å². The van der Waals surface area contributed by atoms with Crippen LogP contribution in [0.5, 0.6) is 0 Å². The van der Waals surface area contributed by atoms with Gasteiger partial charge in [0, 0.05) is 25.8 Å². The van der Waals surface area contributed by atoms with Crippen molar-refractivity contribution in [2.45, 2.75) is 102 Å². The molecule has 0 radical (unpaired) electrons. The Morgan fingerprint density at radius 3 is 1.21 bits per heavy atom. The minimum absolute atomic E-state index is 0. The first kappa shape index (κ1) is 44.2. The number of hydrogen-bond acceptors (Lipinski definition) is 0. The van der Waals surface area contributed by atoms with E-state index in [1.807, 2.05) is 91.0 Å². The molecule has 0 aromatic heterocycles. The van der Waals surface area contributed by atoms with E-state index in [2.05, 4.69) is 83.1 Å². The summed E-state index contributed by atoms with van der Waals surface area (Å²) >= 11 is 0. The summed E-state index contributed by atoms with van der Waals surface area (Å²) < 4.78 is 0. The van der Waals surface area contributed by atoms with Gasteiger partial charge in [0.05, 0.1) is 0 Å². The van der Waals surface area contributed by atoms with Crippen molar-refractivity contribution in [1.82, 2.24) is 0 Å². The molecule has 5 aromatic rings. The van der Waals surface area contributed by atoms with E-state index in [1.165, 1.54) is 86.6 Å². The van der Waals surface area contributed by atoms with Crippen LogP contribution in [0, 0.1) is 34.6 Å². The molecule has 2 nitrogen and oxygen atoms in total. The second kappa shape index (κ2) is 25.7. The molecule has 0 N–H and O–H groups in total. The van der Waals surface area contributed by atoms with Crippen LogP contribution in [0.4, 0.5) is 5.69 Å². The molecule has 7 rings (SSSR count). The van der Waals surface area contributed by atoms with Gasteiger partial charge in [0.2, 0.25) is 0 Å². The Bertz CT molecular complexity index is 1490. The monoisotopic (exact) mass is 887 g/mol. The molecule has 0 heterocycles. The maximum Gasteiger partial charge on any atom is 0 e. The molecule has 2 fully saturated rings. The van der Waals surface area contributed by atoms with Crippen LogP contribution in [0.15, 0.2) is 140 Å². The maximum atomic E-state index is 5.49. The minimum Gasteiger partial charge on any atom is -0.695 e. The molecule has 2 saturated carbocycles. The average Bonchev–Trinajstić information content (AvgIpc) is 3.18. The smallest absolute Gasteiger partial charge is 0 e. The van der Waals surface area contributed by atoms with Crippen LogP contribution >= 0.6 is 7.92 Å². The van der Waals surface area contributed by atoms with Crippen molar-refractivity contribution in [3.63, 3.8) is 0 Å². The third kappa shape index (κ3) is 16.8. The third-order valence-electron chi connectivity index (χ3n) is 9.75. The van der Waals surface area contributed by atoms with Gasteiger partial charge in [-0.2, -0.15) is 79.8 Å². The molecule has 0 amide bonds. The van der Waals surface area contributed by atoms with E-state index < -0.39 is 0 Å². The number of hydrogen-bond donors (Lipinski definition) is 0. The van der Waals surface area contributed by atoms with E-state index >= 15 is 0 Å². The summed E-state index contributed by atoms with van der Waals surface area (Å²) in [6, 6.07) is 47.0. The summed E-state index contributed by atoms with van der Waals surface area (Å²) in [5.74, 6) is 0.140. The first-order valence-electron chi connectivity index (χ1n) is 19.3. The summed E-state index contributed by atoms with van der Waals surface area (Å²) in [5, 5.41) is 10.9. The molecular weight excluding hydrogens is 826 g/mol. The molecule has 53 heavy (non-hydrogen) atoms. The van der Waals surface area contributed by atoms with Crippen molar-refractivity contribution < 1.29 is 25.8 Å². The minimum atomic E-state index is -0.238. The van der Waals surface area contributed by atoms with Gasteiger partial charge in [-0.1, -0.05) is 122 Å². The fraction of sp³-hybridized carbons (Fsp3) is 0.327. The normalized spacial score (nSPS) is 14.8. The zero-order chi connectivity index (χ0) is 36.8. The molecule has 0 aliphatic heterocycles. The van der Waals surface area contributed by atoms with E-state index in [0.717, 1.165) is 34.6 Å². The van der Waals surface area contributed by atoms with E-state index in [4.69, 9.17) is 10.6 Å². The predicted molar refractivity (Wildman–Crippen MR) is 230 cm³/mol. The van der Waals surface area contributed by atoms with Crippen molar-refractivity contribution in [1.29, 1.82) is 0 Å². The summed E-state index contributed by atoms with van der Waals surface area (Å²) in [6.07, 6.45) is 14.1. The van der Waals surface area contributed by atoms with E-state index in [9.17, 15) is 0 Å². The summed E-state index contributed by atoms with van der Waals surface area (Å²) in [5.41, 5.74) is 10.0. The molecule has 0 spiro atoms. The van der Waals surface area contributed by atoms with Gasteiger partial charge in [0.25, 0.3) is 0 Å². The van der Waals surface area contributed by atoms with Gasteiger partial charge in [-0.3, -0.25) is 0 Å². The molecule has 0 bridgehead atoms. The second-order valence-electron chi connectivity index (χ2n) is 14.0. The van der Waals surface area contributed by atoms with Crippen LogP contribution in [0.25, 0.3) is 10.6 Å². The molecular formula is C49H60HfN2P-5. The first-order chi connectivity index (χ1) is 25.4. The van der Waals surface area contributed by atoms with Gasteiger partial charge in [0.1, 0.15) is 0 Å². The summed E-state index contributed by atoms with van der Waals surface area (Å²) in [6.45, 7) is 16.4. The van der Waals surface area contributed by atoms with Crippen LogP contribution in [0.1, 0.15) is 97.6 Å². The largest absolute Gasteiger partial charge is 0.695 e. The van der Waals surface area contributed by atoms with Gasteiger partial charge in [0.15, 0.2) is 0 Å². The van der Waals surface area contributed by atoms with Crippen LogP contribution in [0.3, 0.4) is 0 Å². The Morgan fingerprint density at radius 1 is 0.509 bits per heavy atom. The molecule has 2 aliphatic carbocycles. The fourth-order valence-corrected chi connectivity index (χ4v) is 10.8. The Hall–Kier alpha value is -3.23. The van der Waals surface area contributed by atoms with E-state index in [0.29, 0.717) is 0 Å². The van der Waals surface area contributed by atoms with Crippen molar-refractivity contribution in [3.8, 4) is 0 Å². The SMILES string of the molecule is Cc1cccc(C)c1[N-]C([N-]Cc1ccccc1)P(C1CCCCC1)C1CCCCC1.[CH2-]c1ccccc1.[CH2-]c1ccccc1.[CH2-]c1ccccc1.[Hf]. The number of nitrogens with zero attached hydrogens (tertiary/aromatic N) is 2. The Balaban J connectivity index is 0.000000275. The molecule has 0 saturated heterocycles. The zero-order valence-corrected chi connectivity index (χ0v) is 36.7. The molecule has 2 aliphatic rings. The quantitative estimate of drug-likeness (QED) is 0.0844. The Morgan fingerprint density at radius 2 is 0.868 bits per heavy atom. The van der Waals surface area contributed by atoms with Crippen LogP contribution < -0.4 is 0 Å². The number of rotatable bonds is 8. The summed E-state index contributed by atoms with van der Waals surface area (Å²) in [4.78, 5) is 0. The van der Waals surface area contributed by atoms with Crippen molar-refractivity contribution in [2.24, 2.45) is 0 Å². The van der Waals surface area contributed by atoms with Crippen LogP contribution in [-0.2, 0) is 32.4 Å². The molecule has 5 aromatic carbocycles. The second-order valence-corrected chi connectivity index (χ2v) is 16.8. The number of benzene rings is 5. The standard InChI is InChI=1S/C28H39N2P.3C7H7.Hf/c1-22-13-12-14-23(2)27(22)30-28(29-21-24-15-6-3-7-16-24)31(25-17-8-4-9-18-25)26-19-10-5-11-20-26;3*1-7-5-3-2-4-6-7;/h3,6-7,12-16,25-26,28H,4-5,8-11,17-21H2,1-2H3;3*2-6H,1H2;/q-2;3*-1;. The van der Waals surface area contributed by atoms with Crippen LogP contribution in [-0.4, -0.2) is 17.2 Å². The van der Waals surface area contributed by atoms with Crippen molar-refractivity contribution >= 4 is 13.6 Å².